The number of nitrogens with zero attached hydrogens (tertiary/aromatic N) is 2. The Balaban J connectivity index is 1.74. The van der Waals surface area contributed by atoms with Crippen LogP contribution < -0.4 is 4.72 Å². The number of hydrogen-bond acceptors (Lipinski definition) is 5. The minimum absolute atomic E-state index is 0.0402. The maximum atomic E-state index is 12.7. The van der Waals surface area contributed by atoms with Gasteiger partial charge in [0.25, 0.3) is 0 Å². The molecular weight excluding hydrogens is 310 g/mol. The number of sulfonamides is 1. The zero-order chi connectivity index (χ0) is 15.7. The minimum atomic E-state index is -3.33. The van der Waals surface area contributed by atoms with E-state index >= 15 is 0 Å². The summed E-state index contributed by atoms with van der Waals surface area (Å²) in [6.07, 6.45) is 2.62. The van der Waals surface area contributed by atoms with E-state index in [-0.39, 0.29) is 24.2 Å². The van der Waals surface area contributed by atoms with Crippen LogP contribution in [0.15, 0.2) is 0 Å². The second-order valence-electron chi connectivity index (χ2n) is 6.08. The van der Waals surface area contributed by atoms with Gasteiger partial charge in [-0.25, -0.2) is 17.9 Å². The SMILES string of the molecule is CS(=O)(=O)N[C@@H]1CN(C(=O)N2CCOCC2)[C@H]2CCCO[C@@H]12. The second kappa shape index (κ2) is 6.31. The molecule has 2 amide bonds. The first-order valence-corrected chi connectivity index (χ1v) is 9.57. The predicted octanol–water partition coefficient (Wildman–Crippen LogP) is -0.780. The van der Waals surface area contributed by atoms with E-state index in [0.717, 1.165) is 19.1 Å². The quantitative estimate of drug-likeness (QED) is 0.716. The van der Waals surface area contributed by atoms with E-state index in [1.807, 2.05) is 0 Å². The molecule has 8 nitrogen and oxygen atoms in total. The summed E-state index contributed by atoms with van der Waals surface area (Å²) in [6.45, 7) is 3.24. The molecule has 9 heteroatoms. The molecule has 3 saturated heterocycles. The molecule has 0 spiro atoms. The molecule has 3 atom stereocenters. The molecule has 3 fully saturated rings. The molecular formula is C13H23N3O5S. The zero-order valence-electron chi connectivity index (χ0n) is 12.7. The molecule has 0 bridgehead atoms. The van der Waals surface area contributed by atoms with Gasteiger partial charge >= 0.3 is 6.03 Å². The molecule has 126 valence electrons. The lowest BCUT2D eigenvalue weighted by atomic mass is 10.0. The average molecular weight is 333 g/mol. The van der Waals surface area contributed by atoms with Crippen molar-refractivity contribution in [3.05, 3.63) is 0 Å². The third-order valence-corrected chi connectivity index (χ3v) is 5.15. The van der Waals surface area contributed by atoms with Gasteiger partial charge in [0.2, 0.25) is 10.0 Å². The van der Waals surface area contributed by atoms with Gasteiger partial charge in [0.15, 0.2) is 0 Å². The summed E-state index contributed by atoms with van der Waals surface area (Å²) >= 11 is 0. The van der Waals surface area contributed by atoms with Gasteiger partial charge in [0.05, 0.1) is 37.7 Å². The Labute approximate surface area is 130 Å². The number of morpholine rings is 1. The number of urea groups is 1. The number of carbonyl (C=O) groups is 1. The Morgan fingerprint density at radius 3 is 2.64 bits per heavy atom. The van der Waals surface area contributed by atoms with Crippen molar-refractivity contribution >= 4 is 16.1 Å². The molecule has 3 rings (SSSR count). The van der Waals surface area contributed by atoms with E-state index in [2.05, 4.69) is 4.72 Å². The van der Waals surface area contributed by atoms with Crippen LogP contribution in [0.3, 0.4) is 0 Å². The highest BCUT2D eigenvalue weighted by Gasteiger charge is 2.47. The van der Waals surface area contributed by atoms with Crippen molar-refractivity contribution < 1.29 is 22.7 Å². The summed E-state index contributed by atoms with van der Waals surface area (Å²) in [7, 11) is -3.33. The molecule has 0 aromatic heterocycles. The smallest absolute Gasteiger partial charge is 0.320 e. The number of nitrogens with one attached hydrogen (secondary N) is 1. The minimum Gasteiger partial charge on any atom is -0.378 e. The molecule has 3 aliphatic rings. The van der Waals surface area contributed by atoms with Crippen LogP contribution in [0.4, 0.5) is 4.79 Å². The van der Waals surface area contributed by atoms with E-state index < -0.39 is 10.0 Å². The molecule has 3 aliphatic heterocycles. The number of ether oxygens (including phenoxy) is 2. The van der Waals surface area contributed by atoms with Gasteiger partial charge in [-0.05, 0) is 12.8 Å². The normalized spacial score (nSPS) is 32.9. The molecule has 3 heterocycles. The number of carbonyl (C=O) groups excluding carboxylic acids is 1. The summed E-state index contributed by atoms with van der Waals surface area (Å²) in [6, 6.07) is -0.463. The van der Waals surface area contributed by atoms with Crippen LogP contribution in [0.1, 0.15) is 12.8 Å². The third-order valence-electron chi connectivity index (χ3n) is 4.42. The van der Waals surface area contributed by atoms with Crippen molar-refractivity contribution in [1.29, 1.82) is 0 Å². The molecule has 0 aromatic rings. The number of likely N-dealkylation sites (tertiary alicyclic amines) is 1. The Bertz CT molecular complexity index is 520. The average Bonchev–Trinajstić information content (AvgIpc) is 2.85. The van der Waals surface area contributed by atoms with Crippen molar-refractivity contribution in [1.82, 2.24) is 14.5 Å². The van der Waals surface area contributed by atoms with Crippen LogP contribution in [0.5, 0.6) is 0 Å². The van der Waals surface area contributed by atoms with Gasteiger partial charge in [-0.15, -0.1) is 0 Å². The first kappa shape index (κ1) is 16.0. The fraction of sp³-hybridized carbons (Fsp3) is 0.923. The topological polar surface area (TPSA) is 88.2 Å². The monoisotopic (exact) mass is 333 g/mol. The molecule has 0 aromatic carbocycles. The molecule has 1 N–H and O–H groups in total. The summed E-state index contributed by atoms with van der Waals surface area (Å²) in [5.41, 5.74) is 0. The maximum absolute atomic E-state index is 12.7. The van der Waals surface area contributed by atoms with Crippen molar-refractivity contribution in [2.75, 3.05) is 45.7 Å². The second-order valence-corrected chi connectivity index (χ2v) is 7.86. The van der Waals surface area contributed by atoms with E-state index in [1.54, 1.807) is 9.80 Å². The highest BCUT2D eigenvalue weighted by Crippen LogP contribution is 2.30. The van der Waals surface area contributed by atoms with Crippen LogP contribution in [-0.2, 0) is 19.5 Å². The summed E-state index contributed by atoms with van der Waals surface area (Å²) in [5.74, 6) is 0. The van der Waals surface area contributed by atoms with Crippen LogP contribution >= 0.6 is 0 Å². The van der Waals surface area contributed by atoms with Gasteiger partial charge in [0, 0.05) is 26.2 Å². The number of hydrogen-bond donors (Lipinski definition) is 1. The largest absolute Gasteiger partial charge is 0.378 e. The Morgan fingerprint density at radius 1 is 1.23 bits per heavy atom. The Kier molecular flexibility index (Phi) is 4.58. The van der Waals surface area contributed by atoms with E-state index in [1.165, 1.54) is 0 Å². The highest BCUT2D eigenvalue weighted by molar-refractivity contribution is 7.88. The van der Waals surface area contributed by atoms with Crippen LogP contribution in [0.2, 0.25) is 0 Å². The lowest BCUT2D eigenvalue weighted by Crippen LogP contribution is -2.51. The van der Waals surface area contributed by atoms with Crippen LogP contribution in [0.25, 0.3) is 0 Å². The Hall–Kier alpha value is -0.900. The van der Waals surface area contributed by atoms with E-state index in [9.17, 15) is 13.2 Å². The van der Waals surface area contributed by atoms with Crippen LogP contribution in [0, 0.1) is 0 Å². The highest BCUT2D eigenvalue weighted by atomic mass is 32.2. The van der Waals surface area contributed by atoms with Gasteiger partial charge in [-0.3, -0.25) is 0 Å². The number of fused-ring (bicyclic) bond motifs is 1. The summed E-state index contributed by atoms with van der Waals surface area (Å²) in [5, 5.41) is 0. The standard InChI is InChI=1S/C13H23N3O5S/c1-22(18,19)14-10-9-16(11-3-2-6-21-12(10)11)13(17)15-4-7-20-8-5-15/h10-12,14H,2-9H2,1H3/t10-,11+,12+/m1/s1. The summed E-state index contributed by atoms with van der Waals surface area (Å²) < 4.78 is 36.7. The fourth-order valence-corrected chi connectivity index (χ4v) is 4.25. The predicted molar refractivity (Wildman–Crippen MR) is 79.0 cm³/mol. The summed E-state index contributed by atoms with van der Waals surface area (Å²) in [4.78, 5) is 16.3. The van der Waals surface area contributed by atoms with Gasteiger partial charge in [-0.1, -0.05) is 0 Å². The Morgan fingerprint density at radius 2 is 1.95 bits per heavy atom. The van der Waals surface area contributed by atoms with Crippen molar-refractivity contribution in [3.8, 4) is 0 Å². The first-order chi connectivity index (χ1) is 10.5. The van der Waals surface area contributed by atoms with Gasteiger partial charge in [-0.2, -0.15) is 0 Å². The van der Waals surface area contributed by atoms with Crippen molar-refractivity contribution in [2.45, 2.75) is 31.0 Å². The molecule has 0 radical (unpaired) electrons. The molecule has 0 saturated carbocycles. The zero-order valence-corrected chi connectivity index (χ0v) is 13.5. The van der Waals surface area contributed by atoms with Gasteiger partial charge in [0.1, 0.15) is 0 Å². The maximum Gasteiger partial charge on any atom is 0.320 e. The molecule has 0 aliphatic carbocycles. The lowest BCUT2D eigenvalue weighted by Gasteiger charge is -2.36. The fourth-order valence-electron chi connectivity index (χ4n) is 3.49. The number of amides is 2. The lowest BCUT2D eigenvalue weighted by molar-refractivity contribution is -0.0174. The van der Waals surface area contributed by atoms with E-state index in [4.69, 9.17) is 9.47 Å². The first-order valence-electron chi connectivity index (χ1n) is 7.68. The number of rotatable bonds is 2. The van der Waals surface area contributed by atoms with Gasteiger partial charge < -0.3 is 19.3 Å². The van der Waals surface area contributed by atoms with Crippen LogP contribution in [-0.4, -0.2) is 88.1 Å². The molecule has 0 unspecified atom stereocenters. The van der Waals surface area contributed by atoms with E-state index in [0.29, 0.717) is 39.5 Å². The van der Waals surface area contributed by atoms with Crippen molar-refractivity contribution in [2.24, 2.45) is 0 Å². The third kappa shape index (κ3) is 3.37. The molecule has 22 heavy (non-hydrogen) atoms. The van der Waals surface area contributed by atoms with Crippen molar-refractivity contribution in [3.63, 3.8) is 0 Å².